The molecule has 1 aliphatic heterocycles. The Balaban J connectivity index is 1.23. The Morgan fingerprint density at radius 1 is 1.00 bits per heavy atom. The van der Waals surface area contributed by atoms with Gasteiger partial charge in [0.15, 0.2) is 0 Å². The van der Waals surface area contributed by atoms with Crippen molar-refractivity contribution in [2.75, 3.05) is 38.1 Å². The minimum absolute atomic E-state index is 0.0393. The van der Waals surface area contributed by atoms with E-state index in [4.69, 9.17) is 4.52 Å². The van der Waals surface area contributed by atoms with Gasteiger partial charge in [-0.3, -0.25) is 14.5 Å². The Morgan fingerprint density at radius 2 is 1.68 bits per heavy atom. The first-order valence-electron chi connectivity index (χ1n) is 11.8. The summed E-state index contributed by atoms with van der Waals surface area (Å²) in [6.07, 6.45) is 1.87. The lowest BCUT2D eigenvalue weighted by Crippen LogP contribution is -2.49. The van der Waals surface area contributed by atoms with Crippen molar-refractivity contribution in [3.63, 3.8) is 0 Å². The highest BCUT2D eigenvalue weighted by Crippen LogP contribution is 2.33. The van der Waals surface area contributed by atoms with Crippen molar-refractivity contribution in [1.29, 1.82) is 0 Å². The van der Waals surface area contributed by atoms with Crippen LogP contribution in [0.5, 0.6) is 0 Å². The lowest BCUT2D eigenvalue weighted by atomic mass is 10.1. The number of nitrogens with zero attached hydrogens (tertiary/aromatic N) is 5. The third kappa shape index (κ3) is 4.46. The molecule has 1 aromatic heterocycles. The molecule has 2 aliphatic rings. The molecule has 34 heavy (non-hydrogen) atoms. The van der Waals surface area contributed by atoms with E-state index < -0.39 is 0 Å². The number of rotatable bonds is 6. The number of hydrogen-bond donors (Lipinski definition) is 0. The minimum atomic E-state index is -0.0446. The molecule has 2 heterocycles. The van der Waals surface area contributed by atoms with Crippen LogP contribution in [-0.4, -0.2) is 65.0 Å². The number of piperazine rings is 1. The number of hydrogen-bond acceptors (Lipinski definition) is 6. The predicted octanol–water partition coefficient (Wildman–Crippen LogP) is 3.63. The molecule has 1 saturated heterocycles. The van der Waals surface area contributed by atoms with Crippen molar-refractivity contribution < 1.29 is 14.1 Å². The van der Waals surface area contributed by atoms with Crippen LogP contribution >= 0.6 is 0 Å². The van der Waals surface area contributed by atoms with Gasteiger partial charge in [-0.25, -0.2) is 0 Å². The highest BCUT2D eigenvalue weighted by Gasteiger charge is 2.34. The topological polar surface area (TPSA) is 82.8 Å². The van der Waals surface area contributed by atoms with E-state index in [9.17, 15) is 9.59 Å². The molecule has 0 N–H and O–H groups in total. The first-order valence-corrected chi connectivity index (χ1v) is 11.8. The zero-order valence-corrected chi connectivity index (χ0v) is 19.6. The molecule has 1 unspecified atom stereocenters. The molecule has 2 aromatic carbocycles. The molecule has 176 valence electrons. The van der Waals surface area contributed by atoms with Crippen LogP contribution in [0.2, 0.25) is 0 Å². The highest BCUT2D eigenvalue weighted by molar-refractivity contribution is 6.05. The number of carbonyl (C=O) groups is 2. The van der Waals surface area contributed by atoms with E-state index in [-0.39, 0.29) is 23.8 Å². The maximum Gasteiger partial charge on any atom is 0.256 e. The van der Waals surface area contributed by atoms with Crippen LogP contribution < -0.4 is 4.90 Å². The fraction of sp³-hybridized carbons (Fsp3) is 0.385. The molecular weight excluding hydrogens is 430 g/mol. The van der Waals surface area contributed by atoms with Crippen molar-refractivity contribution in [3.05, 3.63) is 66.1 Å². The van der Waals surface area contributed by atoms with E-state index in [0.717, 1.165) is 18.4 Å². The third-order valence-electron chi connectivity index (χ3n) is 6.73. The minimum Gasteiger partial charge on any atom is -0.337 e. The summed E-state index contributed by atoms with van der Waals surface area (Å²) in [5.41, 5.74) is 2.17. The largest absolute Gasteiger partial charge is 0.337 e. The average molecular weight is 460 g/mol. The van der Waals surface area contributed by atoms with Crippen molar-refractivity contribution in [1.82, 2.24) is 19.9 Å². The molecule has 3 aromatic rings. The summed E-state index contributed by atoms with van der Waals surface area (Å²) in [6, 6.07) is 17.1. The van der Waals surface area contributed by atoms with E-state index >= 15 is 0 Å². The summed E-state index contributed by atoms with van der Waals surface area (Å²) in [5, 5.41) is 4.13. The maximum absolute atomic E-state index is 13.4. The smallest absolute Gasteiger partial charge is 0.256 e. The van der Waals surface area contributed by atoms with Crippen LogP contribution in [0.3, 0.4) is 0 Å². The van der Waals surface area contributed by atoms with Gasteiger partial charge in [-0.15, -0.1) is 0 Å². The summed E-state index contributed by atoms with van der Waals surface area (Å²) < 4.78 is 5.55. The zero-order valence-electron chi connectivity index (χ0n) is 19.6. The van der Waals surface area contributed by atoms with Gasteiger partial charge < -0.3 is 14.3 Å². The fourth-order valence-electron chi connectivity index (χ4n) is 4.42. The van der Waals surface area contributed by atoms with Crippen LogP contribution in [0.1, 0.15) is 42.1 Å². The normalized spacial score (nSPS) is 17.4. The molecule has 8 heteroatoms. The van der Waals surface area contributed by atoms with E-state index in [2.05, 4.69) is 15.0 Å². The first-order chi connectivity index (χ1) is 16.5. The Kier molecular flexibility index (Phi) is 6.15. The van der Waals surface area contributed by atoms with Crippen LogP contribution in [-0.2, 0) is 4.79 Å². The van der Waals surface area contributed by atoms with Crippen molar-refractivity contribution in [2.24, 2.45) is 5.92 Å². The van der Waals surface area contributed by atoms with Crippen LogP contribution in [0.4, 0.5) is 5.69 Å². The van der Waals surface area contributed by atoms with E-state index in [1.54, 1.807) is 11.9 Å². The monoisotopic (exact) mass is 459 g/mol. The molecule has 1 atom stereocenters. The van der Waals surface area contributed by atoms with Gasteiger partial charge in [-0.1, -0.05) is 47.6 Å². The van der Waals surface area contributed by atoms with Gasteiger partial charge in [0.25, 0.3) is 5.91 Å². The molecule has 8 nitrogen and oxygen atoms in total. The lowest BCUT2D eigenvalue weighted by Gasteiger charge is -2.37. The number of amides is 2. The Labute approximate surface area is 199 Å². The predicted molar refractivity (Wildman–Crippen MR) is 128 cm³/mol. The fourth-order valence-corrected chi connectivity index (χ4v) is 4.42. The Bertz CT molecular complexity index is 1170. The van der Waals surface area contributed by atoms with Gasteiger partial charge in [0.2, 0.25) is 17.6 Å². The number of carbonyl (C=O) groups excluding carboxylic acids is 2. The molecule has 0 spiro atoms. The molecule has 2 fully saturated rings. The standard InChI is InChI=1S/C26H29N5O3/c1-18(24-27-23(28-34-24)19-8-4-3-5-9-19)30-14-16-31(17-15-30)26(33)21-10-6-7-11-22(21)29(2)25(32)20-12-13-20/h3-11,18,20H,12-17H2,1-2H3. The van der Waals surface area contributed by atoms with E-state index in [1.807, 2.05) is 66.4 Å². The summed E-state index contributed by atoms with van der Waals surface area (Å²) in [7, 11) is 1.76. The van der Waals surface area contributed by atoms with Crippen LogP contribution in [0.15, 0.2) is 59.1 Å². The van der Waals surface area contributed by atoms with Gasteiger partial charge in [0, 0.05) is 44.7 Å². The summed E-state index contributed by atoms with van der Waals surface area (Å²) in [5.74, 6) is 1.31. The second-order valence-electron chi connectivity index (χ2n) is 9.02. The molecule has 0 radical (unpaired) electrons. The van der Waals surface area contributed by atoms with Crippen LogP contribution in [0.25, 0.3) is 11.4 Å². The highest BCUT2D eigenvalue weighted by atomic mass is 16.5. The summed E-state index contributed by atoms with van der Waals surface area (Å²) >= 11 is 0. The van der Waals surface area contributed by atoms with Gasteiger partial charge >= 0.3 is 0 Å². The van der Waals surface area contributed by atoms with E-state index in [1.165, 1.54) is 0 Å². The summed E-state index contributed by atoms with van der Waals surface area (Å²) in [4.78, 5) is 36.3. The molecule has 0 bridgehead atoms. The van der Waals surface area contributed by atoms with Crippen molar-refractivity contribution in [2.45, 2.75) is 25.8 Å². The summed E-state index contributed by atoms with van der Waals surface area (Å²) in [6.45, 7) is 4.65. The molecule has 1 saturated carbocycles. The Morgan fingerprint density at radius 3 is 2.38 bits per heavy atom. The van der Waals surface area contributed by atoms with E-state index in [0.29, 0.717) is 49.1 Å². The SMILES string of the molecule is CC(c1nc(-c2ccccc2)no1)N1CCN(C(=O)c2ccccc2N(C)C(=O)C2CC2)CC1. The zero-order chi connectivity index (χ0) is 23.7. The number of para-hydroxylation sites is 1. The second kappa shape index (κ2) is 9.38. The lowest BCUT2D eigenvalue weighted by molar-refractivity contribution is -0.119. The molecule has 2 amide bonds. The maximum atomic E-state index is 13.4. The van der Waals surface area contributed by atoms with Crippen molar-refractivity contribution >= 4 is 17.5 Å². The second-order valence-corrected chi connectivity index (χ2v) is 9.02. The average Bonchev–Trinajstić information content (AvgIpc) is 3.63. The molecule has 1 aliphatic carbocycles. The Hall–Kier alpha value is -3.52. The van der Waals surface area contributed by atoms with Gasteiger partial charge in [0.05, 0.1) is 17.3 Å². The number of aromatic nitrogens is 2. The first kappa shape index (κ1) is 22.3. The van der Waals surface area contributed by atoms with Gasteiger partial charge in [-0.05, 0) is 31.9 Å². The third-order valence-corrected chi connectivity index (χ3v) is 6.73. The number of benzene rings is 2. The van der Waals surface area contributed by atoms with Gasteiger partial charge in [-0.2, -0.15) is 4.98 Å². The molecular formula is C26H29N5O3. The van der Waals surface area contributed by atoms with Crippen LogP contribution in [0, 0.1) is 5.92 Å². The molecule has 5 rings (SSSR count). The quantitative estimate of drug-likeness (QED) is 0.560. The van der Waals surface area contributed by atoms with Gasteiger partial charge in [0.1, 0.15) is 0 Å². The number of anilines is 1. The van der Waals surface area contributed by atoms with Crippen molar-refractivity contribution in [3.8, 4) is 11.4 Å².